The monoisotopic (exact) mass is 376 g/mol. The molecule has 0 aliphatic heterocycles. The van der Waals surface area contributed by atoms with Crippen molar-refractivity contribution in [2.24, 2.45) is 0 Å². The van der Waals surface area contributed by atoms with Gasteiger partial charge in [-0.2, -0.15) is 0 Å². The molecule has 3 aromatic carbocycles. The summed E-state index contributed by atoms with van der Waals surface area (Å²) >= 11 is 0. The van der Waals surface area contributed by atoms with Crippen LogP contribution in [0.2, 0.25) is 0 Å². The fourth-order valence-electron chi connectivity index (χ4n) is 2.57. The van der Waals surface area contributed by atoms with Gasteiger partial charge in [0.15, 0.2) is 0 Å². The van der Waals surface area contributed by atoms with Crippen molar-refractivity contribution in [2.45, 2.75) is 13.0 Å². The molecular formula is C22H20N2O4. The van der Waals surface area contributed by atoms with E-state index in [4.69, 9.17) is 4.74 Å². The van der Waals surface area contributed by atoms with Gasteiger partial charge >= 0.3 is 6.09 Å². The van der Waals surface area contributed by atoms with Gasteiger partial charge in [0.25, 0.3) is 0 Å². The molecule has 0 aliphatic rings. The highest BCUT2D eigenvalue weighted by Crippen LogP contribution is 2.27. The van der Waals surface area contributed by atoms with Gasteiger partial charge in [0, 0.05) is 11.8 Å². The molecule has 0 aliphatic carbocycles. The third-order valence-electron chi connectivity index (χ3n) is 3.94. The van der Waals surface area contributed by atoms with Crippen molar-refractivity contribution in [3.05, 3.63) is 90.0 Å². The van der Waals surface area contributed by atoms with Crippen LogP contribution in [0.1, 0.15) is 11.1 Å². The number of phenols is 1. The number of anilines is 2. The van der Waals surface area contributed by atoms with Crippen LogP contribution >= 0.6 is 0 Å². The molecule has 0 bridgehead atoms. The Hall–Kier alpha value is -3.80. The van der Waals surface area contributed by atoms with E-state index in [0.29, 0.717) is 5.69 Å². The molecule has 6 nitrogen and oxygen atoms in total. The van der Waals surface area contributed by atoms with E-state index < -0.39 is 6.09 Å². The quantitative estimate of drug-likeness (QED) is 0.559. The van der Waals surface area contributed by atoms with Gasteiger partial charge in [-0.3, -0.25) is 10.1 Å². The average molecular weight is 376 g/mol. The lowest BCUT2D eigenvalue weighted by Gasteiger charge is -2.11. The number of rotatable bonds is 6. The molecule has 0 spiro atoms. The SMILES string of the molecule is O=C(Cc1ccccc1)Nc1ccc(NC(=O)OCc2ccccc2)c(O)c1. The fraction of sp³-hybridized carbons (Fsp3) is 0.0909. The van der Waals surface area contributed by atoms with Crippen molar-refractivity contribution in [1.29, 1.82) is 0 Å². The lowest BCUT2D eigenvalue weighted by atomic mass is 10.1. The summed E-state index contributed by atoms with van der Waals surface area (Å²) in [6.07, 6.45) is -0.451. The van der Waals surface area contributed by atoms with Crippen LogP contribution in [0.3, 0.4) is 0 Å². The molecule has 0 fully saturated rings. The van der Waals surface area contributed by atoms with Gasteiger partial charge in [-0.25, -0.2) is 4.79 Å². The van der Waals surface area contributed by atoms with Crippen LogP contribution < -0.4 is 10.6 Å². The first-order valence-corrected chi connectivity index (χ1v) is 8.74. The van der Waals surface area contributed by atoms with Crippen LogP contribution in [-0.4, -0.2) is 17.1 Å². The van der Waals surface area contributed by atoms with Gasteiger partial charge in [0.1, 0.15) is 12.4 Å². The van der Waals surface area contributed by atoms with Crippen molar-refractivity contribution in [2.75, 3.05) is 10.6 Å². The van der Waals surface area contributed by atoms with Gasteiger partial charge in [-0.05, 0) is 23.3 Å². The number of carbonyl (C=O) groups excluding carboxylic acids is 2. The van der Waals surface area contributed by atoms with Crippen molar-refractivity contribution in [1.82, 2.24) is 0 Å². The Balaban J connectivity index is 1.53. The fourth-order valence-corrected chi connectivity index (χ4v) is 2.57. The first-order chi connectivity index (χ1) is 13.6. The molecule has 3 aromatic rings. The van der Waals surface area contributed by atoms with Gasteiger partial charge in [0.05, 0.1) is 12.1 Å². The smallest absolute Gasteiger partial charge is 0.412 e. The average Bonchev–Trinajstić information content (AvgIpc) is 2.70. The molecule has 3 N–H and O–H groups in total. The highest BCUT2D eigenvalue weighted by atomic mass is 16.5. The molecule has 0 aromatic heterocycles. The van der Waals surface area contributed by atoms with Crippen molar-refractivity contribution >= 4 is 23.4 Å². The molecule has 0 saturated carbocycles. The van der Waals surface area contributed by atoms with Crippen LogP contribution in [0.5, 0.6) is 5.75 Å². The van der Waals surface area contributed by atoms with Crippen LogP contribution in [0.15, 0.2) is 78.9 Å². The molecule has 6 heteroatoms. The summed E-state index contributed by atoms with van der Waals surface area (Å²) in [7, 11) is 0. The number of amides is 2. The number of phenolic OH excluding ortho intramolecular Hbond substituents is 1. The Labute approximate surface area is 162 Å². The van der Waals surface area contributed by atoms with E-state index in [9.17, 15) is 14.7 Å². The molecule has 3 rings (SSSR count). The summed E-state index contributed by atoms with van der Waals surface area (Å²) in [5.74, 6) is -0.372. The van der Waals surface area contributed by atoms with Crippen molar-refractivity contribution in [3.8, 4) is 5.75 Å². The zero-order chi connectivity index (χ0) is 19.8. The normalized spacial score (nSPS) is 10.1. The van der Waals surface area contributed by atoms with E-state index >= 15 is 0 Å². The van der Waals surface area contributed by atoms with Crippen LogP contribution in [-0.2, 0) is 22.6 Å². The molecule has 0 heterocycles. The second-order valence-electron chi connectivity index (χ2n) is 6.13. The Kier molecular flexibility index (Phi) is 6.25. The van der Waals surface area contributed by atoms with E-state index in [2.05, 4.69) is 10.6 Å². The van der Waals surface area contributed by atoms with Crippen LogP contribution in [0.25, 0.3) is 0 Å². The van der Waals surface area contributed by atoms with Gasteiger partial charge in [-0.15, -0.1) is 0 Å². The third kappa shape index (κ3) is 5.60. The third-order valence-corrected chi connectivity index (χ3v) is 3.94. The van der Waals surface area contributed by atoms with Crippen LogP contribution in [0.4, 0.5) is 16.2 Å². The number of nitrogens with one attached hydrogen (secondary N) is 2. The van der Waals surface area contributed by atoms with E-state index in [1.807, 2.05) is 60.7 Å². The molecule has 0 saturated heterocycles. The number of aromatic hydroxyl groups is 1. The number of carbonyl (C=O) groups is 2. The number of hydrogen-bond donors (Lipinski definition) is 3. The molecule has 0 radical (unpaired) electrons. The summed E-state index contributed by atoms with van der Waals surface area (Å²) in [6.45, 7) is 0.126. The summed E-state index contributed by atoms with van der Waals surface area (Å²) in [6, 6.07) is 23.1. The maximum Gasteiger partial charge on any atom is 0.412 e. The minimum absolute atomic E-state index is 0.126. The zero-order valence-corrected chi connectivity index (χ0v) is 15.1. The predicted molar refractivity (Wildman–Crippen MR) is 107 cm³/mol. The van der Waals surface area contributed by atoms with Crippen LogP contribution in [0, 0.1) is 0 Å². The van der Waals surface area contributed by atoms with Crippen molar-refractivity contribution < 1.29 is 19.4 Å². The molecule has 142 valence electrons. The molecule has 0 unspecified atom stereocenters. The largest absolute Gasteiger partial charge is 0.506 e. The standard InChI is InChI=1S/C22H20N2O4/c25-20-14-18(23-21(26)13-16-7-3-1-4-8-16)11-12-19(20)24-22(27)28-15-17-9-5-2-6-10-17/h1-12,14,25H,13,15H2,(H,23,26)(H,24,27). The van der Waals surface area contributed by atoms with E-state index in [-0.39, 0.29) is 30.4 Å². The van der Waals surface area contributed by atoms with Crippen molar-refractivity contribution in [3.63, 3.8) is 0 Å². The summed E-state index contributed by atoms with van der Waals surface area (Å²) < 4.78 is 5.12. The van der Waals surface area contributed by atoms with E-state index in [0.717, 1.165) is 11.1 Å². The minimum atomic E-state index is -0.681. The van der Waals surface area contributed by atoms with E-state index in [1.165, 1.54) is 12.1 Å². The molecular weight excluding hydrogens is 356 g/mol. The maximum atomic E-state index is 12.1. The second-order valence-corrected chi connectivity index (χ2v) is 6.13. The highest BCUT2D eigenvalue weighted by Gasteiger charge is 2.10. The van der Waals surface area contributed by atoms with Gasteiger partial charge in [0.2, 0.25) is 5.91 Å². The maximum absolute atomic E-state index is 12.1. The Morgan fingerprint density at radius 3 is 2.11 bits per heavy atom. The first-order valence-electron chi connectivity index (χ1n) is 8.74. The lowest BCUT2D eigenvalue weighted by Crippen LogP contribution is -2.15. The number of hydrogen-bond acceptors (Lipinski definition) is 4. The Morgan fingerprint density at radius 1 is 0.821 bits per heavy atom. The number of benzene rings is 3. The topological polar surface area (TPSA) is 87.7 Å². The summed E-state index contributed by atoms with van der Waals surface area (Å²) in [5.41, 5.74) is 2.38. The number of ether oxygens (including phenoxy) is 1. The highest BCUT2D eigenvalue weighted by molar-refractivity contribution is 5.93. The second kappa shape index (κ2) is 9.23. The molecule has 28 heavy (non-hydrogen) atoms. The summed E-state index contributed by atoms with van der Waals surface area (Å²) in [5, 5.41) is 15.3. The first kappa shape index (κ1) is 19.0. The van der Waals surface area contributed by atoms with Gasteiger partial charge in [-0.1, -0.05) is 60.7 Å². The summed E-state index contributed by atoms with van der Waals surface area (Å²) in [4.78, 5) is 24.0. The Bertz CT molecular complexity index is 943. The molecule has 2 amide bonds. The van der Waals surface area contributed by atoms with E-state index in [1.54, 1.807) is 6.07 Å². The predicted octanol–water partition coefficient (Wildman–Crippen LogP) is 4.32. The van der Waals surface area contributed by atoms with Gasteiger partial charge < -0.3 is 15.2 Å². The lowest BCUT2D eigenvalue weighted by molar-refractivity contribution is -0.115. The Morgan fingerprint density at radius 2 is 1.46 bits per heavy atom. The molecule has 0 atom stereocenters. The minimum Gasteiger partial charge on any atom is -0.506 e. The zero-order valence-electron chi connectivity index (χ0n) is 15.1.